The van der Waals surface area contributed by atoms with Gasteiger partial charge in [0.15, 0.2) is 0 Å². The highest BCUT2D eigenvalue weighted by Gasteiger charge is 2.37. The smallest absolute Gasteiger partial charge is 0.335 e. The van der Waals surface area contributed by atoms with Crippen LogP contribution in [0.1, 0.15) is 67.6 Å². The lowest BCUT2D eigenvalue weighted by molar-refractivity contribution is 0.0696. The van der Waals surface area contributed by atoms with E-state index in [-0.39, 0.29) is 16.4 Å². The van der Waals surface area contributed by atoms with Gasteiger partial charge in [-0.05, 0) is 82.0 Å². The van der Waals surface area contributed by atoms with Gasteiger partial charge < -0.3 is 5.11 Å². The van der Waals surface area contributed by atoms with Crippen molar-refractivity contribution in [3.63, 3.8) is 0 Å². The molecule has 0 atom stereocenters. The normalized spacial score (nSPS) is 17.2. The van der Waals surface area contributed by atoms with Crippen molar-refractivity contribution in [1.82, 2.24) is 0 Å². The first-order valence-corrected chi connectivity index (χ1v) is 10.1. The summed E-state index contributed by atoms with van der Waals surface area (Å²) in [6.07, 6.45) is 2.30. The van der Waals surface area contributed by atoms with Crippen molar-refractivity contribution in [3.8, 4) is 11.1 Å². The minimum atomic E-state index is -1.12. The van der Waals surface area contributed by atoms with E-state index < -0.39 is 11.8 Å². The number of carboxylic acid groups (broad SMARTS) is 1. The summed E-state index contributed by atoms with van der Waals surface area (Å²) in [6, 6.07) is 12.8. The molecule has 0 aliphatic heterocycles. The van der Waals surface area contributed by atoms with Crippen LogP contribution in [0.25, 0.3) is 21.9 Å². The van der Waals surface area contributed by atoms with Crippen LogP contribution in [0.3, 0.4) is 0 Å². The maximum absolute atomic E-state index is 14.6. The largest absolute Gasteiger partial charge is 0.478 e. The molecular formula is C26H27FO2. The van der Waals surface area contributed by atoms with Crippen LogP contribution in [0.15, 0.2) is 42.5 Å². The standard InChI is InChI=1S/C26H27FO2/c1-15-10-21-22(26(4,5)9-8-25(21,2)3)14-19(15)17-7-6-16-11-18(24(28)29)13-23(27)20(16)12-17/h6-7,10-14H,8-9H2,1-5H3,(H,28,29). The van der Waals surface area contributed by atoms with E-state index in [0.29, 0.717) is 10.8 Å². The fraction of sp³-hybridized carbons (Fsp3) is 0.346. The second kappa shape index (κ2) is 6.41. The third kappa shape index (κ3) is 3.23. The third-order valence-corrected chi connectivity index (χ3v) is 6.66. The van der Waals surface area contributed by atoms with Crippen LogP contribution in [0.5, 0.6) is 0 Å². The maximum Gasteiger partial charge on any atom is 0.335 e. The molecule has 1 N–H and O–H groups in total. The summed E-state index contributed by atoms with van der Waals surface area (Å²) in [5.41, 5.74) is 6.25. The van der Waals surface area contributed by atoms with Gasteiger partial charge in [-0.3, -0.25) is 0 Å². The zero-order chi connectivity index (χ0) is 21.1. The zero-order valence-electron chi connectivity index (χ0n) is 17.7. The van der Waals surface area contributed by atoms with Gasteiger partial charge in [0.25, 0.3) is 0 Å². The van der Waals surface area contributed by atoms with Gasteiger partial charge >= 0.3 is 5.97 Å². The molecule has 0 spiro atoms. The molecule has 3 heteroatoms. The van der Waals surface area contributed by atoms with Gasteiger partial charge in [-0.1, -0.05) is 52.0 Å². The topological polar surface area (TPSA) is 37.3 Å². The number of hydrogen-bond acceptors (Lipinski definition) is 1. The van der Waals surface area contributed by atoms with E-state index in [0.717, 1.165) is 23.6 Å². The third-order valence-electron chi connectivity index (χ3n) is 6.66. The van der Waals surface area contributed by atoms with Crippen molar-refractivity contribution in [2.24, 2.45) is 0 Å². The average Bonchev–Trinajstić information content (AvgIpc) is 2.65. The molecule has 0 heterocycles. The Hall–Kier alpha value is -2.68. The number of rotatable bonds is 2. The monoisotopic (exact) mass is 390 g/mol. The number of fused-ring (bicyclic) bond motifs is 2. The summed E-state index contributed by atoms with van der Waals surface area (Å²) in [5.74, 6) is -1.62. The molecule has 3 aromatic carbocycles. The van der Waals surface area contributed by atoms with E-state index in [4.69, 9.17) is 0 Å². The molecule has 2 nitrogen and oxygen atoms in total. The molecule has 150 valence electrons. The molecule has 0 fully saturated rings. The summed E-state index contributed by atoms with van der Waals surface area (Å²) in [5, 5.41) is 10.2. The number of carbonyl (C=O) groups is 1. The number of benzene rings is 3. The second-order valence-corrected chi connectivity index (χ2v) is 9.68. The van der Waals surface area contributed by atoms with Crippen molar-refractivity contribution in [2.45, 2.75) is 58.3 Å². The van der Waals surface area contributed by atoms with Crippen LogP contribution >= 0.6 is 0 Å². The number of aryl methyl sites for hydroxylation is 1. The lowest BCUT2D eigenvalue weighted by atomic mass is 9.62. The van der Waals surface area contributed by atoms with E-state index >= 15 is 0 Å². The Morgan fingerprint density at radius 2 is 1.55 bits per heavy atom. The van der Waals surface area contributed by atoms with Gasteiger partial charge in [-0.25, -0.2) is 9.18 Å². The highest BCUT2D eigenvalue weighted by molar-refractivity contribution is 5.96. The summed E-state index contributed by atoms with van der Waals surface area (Å²) >= 11 is 0. The predicted molar refractivity (Wildman–Crippen MR) is 116 cm³/mol. The van der Waals surface area contributed by atoms with Gasteiger partial charge in [-0.2, -0.15) is 0 Å². The highest BCUT2D eigenvalue weighted by atomic mass is 19.1. The van der Waals surface area contributed by atoms with E-state index in [2.05, 4.69) is 46.8 Å². The molecule has 4 rings (SSSR count). The summed E-state index contributed by atoms with van der Waals surface area (Å²) in [7, 11) is 0. The Morgan fingerprint density at radius 1 is 0.931 bits per heavy atom. The highest BCUT2D eigenvalue weighted by Crippen LogP contribution is 2.47. The van der Waals surface area contributed by atoms with E-state index in [1.54, 1.807) is 0 Å². The number of aromatic carboxylic acids is 1. The molecule has 0 radical (unpaired) electrons. The molecule has 0 saturated heterocycles. The van der Waals surface area contributed by atoms with Crippen LogP contribution in [-0.2, 0) is 10.8 Å². The van der Waals surface area contributed by atoms with Crippen molar-refractivity contribution in [3.05, 3.63) is 70.5 Å². The second-order valence-electron chi connectivity index (χ2n) is 9.68. The molecule has 29 heavy (non-hydrogen) atoms. The first kappa shape index (κ1) is 19.6. The van der Waals surface area contributed by atoms with Crippen LogP contribution in [-0.4, -0.2) is 11.1 Å². The van der Waals surface area contributed by atoms with E-state index in [9.17, 15) is 14.3 Å². The number of halogens is 1. The van der Waals surface area contributed by atoms with E-state index in [1.165, 1.54) is 29.2 Å². The summed E-state index contributed by atoms with van der Waals surface area (Å²) in [4.78, 5) is 11.2. The van der Waals surface area contributed by atoms with Crippen molar-refractivity contribution < 1.29 is 14.3 Å². The van der Waals surface area contributed by atoms with Crippen molar-refractivity contribution >= 4 is 16.7 Å². The van der Waals surface area contributed by atoms with Gasteiger partial charge in [0.1, 0.15) is 5.82 Å². The Kier molecular flexibility index (Phi) is 4.34. The minimum absolute atomic E-state index is 0.0308. The minimum Gasteiger partial charge on any atom is -0.478 e. The van der Waals surface area contributed by atoms with Crippen LogP contribution < -0.4 is 0 Å². The summed E-state index contributed by atoms with van der Waals surface area (Å²) in [6.45, 7) is 11.3. The molecule has 0 aromatic heterocycles. The fourth-order valence-electron chi connectivity index (χ4n) is 4.64. The molecule has 0 amide bonds. The maximum atomic E-state index is 14.6. The Bertz CT molecular complexity index is 1160. The Balaban J connectivity index is 1.91. The van der Waals surface area contributed by atoms with E-state index in [1.807, 2.05) is 18.2 Å². The molecular weight excluding hydrogens is 363 g/mol. The SMILES string of the molecule is Cc1cc2c(cc1-c1ccc3cc(C(=O)O)cc(F)c3c1)C(C)(C)CCC2(C)C. The van der Waals surface area contributed by atoms with Crippen LogP contribution in [0, 0.1) is 12.7 Å². The van der Waals surface area contributed by atoms with Crippen molar-refractivity contribution in [1.29, 1.82) is 0 Å². The average molecular weight is 390 g/mol. The first-order chi connectivity index (χ1) is 13.5. The lowest BCUT2D eigenvalue weighted by Gasteiger charge is -2.42. The van der Waals surface area contributed by atoms with Crippen molar-refractivity contribution in [2.75, 3.05) is 0 Å². The van der Waals surface area contributed by atoms with Crippen LogP contribution in [0.4, 0.5) is 4.39 Å². The van der Waals surface area contributed by atoms with Gasteiger partial charge in [0.2, 0.25) is 0 Å². The van der Waals surface area contributed by atoms with Gasteiger partial charge in [0.05, 0.1) is 5.56 Å². The fourth-order valence-corrected chi connectivity index (χ4v) is 4.64. The molecule has 1 aliphatic carbocycles. The Morgan fingerprint density at radius 3 is 2.17 bits per heavy atom. The molecule has 3 aromatic rings. The molecule has 0 saturated carbocycles. The Labute approximate surface area is 171 Å². The van der Waals surface area contributed by atoms with Crippen LogP contribution in [0.2, 0.25) is 0 Å². The predicted octanol–water partition coefficient (Wildman–Crippen LogP) is 7.00. The first-order valence-electron chi connectivity index (χ1n) is 10.1. The summed E-state index contributed by atoms with van der Waals surface area (Å²) < 4.78 is 14.6. The number of carboxylic acids is 1. The zero-order valence-corrected chi connectivity index (χ0v) is 17.7. The van der Waals surface area contributed by atoms with Gasteiger partial charge in [-0.15, -0.1) is 0 Å². The lowest BCUT2D eigenvalue weighted by Crippen LogP contribution is -2.34. The quantitative estimate of drug-likeness (QED) is 0.511. The van der Waals surface area contributed by atoms with Gasteiger partial charge in [0, 0.05) is 5.39 Å². The molecule has 0 unspecified atom stereocenters. The number of hydrogen-bond donors (Lipinski definition) is 1. The molecule has 0 bridgehead atoms. The molecule has 1 aliphatic rings.